The number of hydrogen-bond donors (Lipinski definition) is 0. The molecule has 0 amide bonds. The summed E-state index contributed by atoms with van der Waals surface area (Å²) < 4.78 is 48.3. The Balaban J connectivity index is 2.51. The zero-order valence-electron chi connectivity index (χ0n) is 12.1. The largest absolute Gasteiger partial charge is 0.497 e. The van der Waals surface area contributed by atoms with E-state index in [4.69, 9.17) is 9.31 Å². The summed E-state index contributed by atoms with van der Waals surface area (Å²) in [5.41, 5.74) is -1.01. The first-order valence-electron chi connectivity index (χ1n) is 6.15. The summed E-state index contributed by atoms with van der Waals surface area (Å²) in [5, 5.41) is 0. The van der Waals surface area contributed by atoms with Gasteiger partial charge < -0.3 is 9.31 Å². The molecule has 0 saturated carbocycles. The van der Waals surface area contributed by atoms with Crippen molar-refractivity contribution in [1.29, 1.82) is 0 Å². The first-order valence-corrected chi connectivity index (χ1v) is 8.04. The molecule has 1 aliphatic rings. The van der Waals surface area contributed by atoms with Crippen LogP contribution in [0.4, 0.5) is 4.39 Å². The number of halogens is 1. The lowest BCUT2D eigenvalue weighted by Gasteiger charge is -2.32. The molecule has 0 radical (unpaired) electrons. The van der Waals surface area contributed by atoms with E-state index in [1.165, 1.54) is 0 Å². The van der Waals surface area contributed by atoms with Gasteiger partial charge in [-0.2, -0.15) is 4.39 Å². The van der Waals surface area contributed by atoms with Crippen LogP contribution in [0.1, 0.15) is 27.7 Å². The van der Waals surface area contributed by atoms with Crippen LogP contribution in [-0.2, 0) is 19.1 Å². The third kappa shape index (κ3) is 2.59. The van der Waals surface area contributed by atoms with Crippen LogP contribution < -0.4 is 5.46 Å². The molecule has 1 saturated heterocycles. The highest BCUT2D eigenvalue weighted by Crippen LogP contribution is 2.36. The second-order valence-electron chi connectivity index (χ2n) is 5.91. The third-order valence-corrected chi connectivity index (χ3v) is 4.92. The van der Waals surface area contributed by atoms with Crippen LogP contribution in [0.2, 0.25) is 0 Å². The Labute approximate surface area is 118 Å². The van der Waals surface area contributed by atoms with E-state index < -0.39 is 34.1 Å². The Bertz CT molecular complexity index is 629. The number of pyridine rings is 1. The zero-order valence-corrected chi connectivity index (χ0v) is 12.9. The van der Waals surface area contributed by atoms with Gasteiger partial charge in [-0.25, -0.2) is 13.4 Å². The second kappa shape index (κ2) is 4.51. The van der Waals surface area contributed by atoms with E-state index in [2.05, 4.69) is 4.98 Å². The molecule has 1 fully saturated rings. The lowest BCUT2D eigenvalue weighted by atomic mass is 9.80. The molecule has 0 aliphatic carbocycles. The van der Waals surface area contributed by atoms with Crippen molar-refractivity contribution in [3.8, 4) is 0 Å². The van der Waals surface area contributed by atoms with Crippen molar-refractivity contribution in [2.45, 2.75) is 43.8 Å². The van der Waals surface area contributed by atoms with E-state index in [-0.39, 0.29) is 10.4 Å². The van der Waals surface area contributed by atoms with Crippen LogP contribution in [0.3, 0.4) is 0 Å². The SMILES string of the molecule is CC1(C)OB(c2cnc(F)cc2S(C)(=O)=O)OC1(C)C. The summed E-state index contributed by atoms with van der Waals surface area (Å²) >= 11 is 0. The molecule has 1 aromatic heterocycles. The van der Waals surface area contributed by atoms with Gasteiger partial charge >= 0.3 is 7.12 Å². The molecule has 2 heterocycles. The maximum atomic E-state index is 13.2. The molecule has 20 heavy (non-hydrogen) atoms. The zero-order chi connectivity index (χ0) is 15.3. The number of nitrogens with zero attached hydrogens (tertiary/aromatic N) is 1. The lowest BCUT2D eigenvalue weighted by Crippen LogP contribution is -2.41. The Kier molecular flexibility index (Phi) is 3.47. The van der Waals surface area contributed by atoms with Gasteiger partial charge in [-0.3, -0.25) is 0 Å². The fourth-order valence-electron chi connectivity index (χ4n) is 1.89. The van der Waals surface area contributed by atoms with Crippen molar-refractivity contribution in [3.05, 3.63) is 18.2 Å². The Morgan fingerprint density at radius 3 is 2.15 bits per heavy atom. The highest BCUT2D eigenvalue weighted by Gasteiger charge is 2.52. The molecular weight excluding hydrogens is 284 g/mol. The Morgan fingerprint density at radius 1 is 1.20 bits per heavy atom. The topological polar surface area (TPSA) is 65.5 Å². The number of aromatic nitrogens is 1. The quantitative estimate of drug-likeness (QED) is 0.600. The molecule has 5 nitrogen and oxygen atoms in total. The first kappa shape index (κ1) is 15.4. The monoisotopic (exact) mass is 301 g/mol. The fourth-order valence-corrected chi connectivity index (χ4v) is 2.78. The average molecular weight is 301 g/mol. The van der Waals surface area contributed by atoms with Crippen LogP contribution in [0.5, 0.6) is 0 Å². The van der Waals surface area contributed by atoms with Crippen LogP contribution in [0.15, 0.2) is 17.2 Å². The van der Waals surface area contributed by atoms with Gasteiger partial charge in [0.25, 0.3) is 0 Å². The summed E-state index contributed by atoms with van der Waals surface area (Å²) in [5.74, 6) is -0.856. The maximum absolute atomic E-state index is 13.2. The third-order valence-electron chi connectivity index (χ3n) is 3.77. The molecule has 0 spiro atoms. The molecule has 0 atom stereocenters. The summed E-state index contributed by atoms with van der Waals surface area (Å²) in [6.07, 6.45) is 2.16. The van der Waals surface area contributed by atoms with E-state index in [1.54, 1.807) is 0 Å². The van der Waals surface area contributed by atoms with Crippen molar-refractivity contribution in [2.24, 2.45) is 0 Å². The summed E-state index contributed by atoms with van der Waals surface area (Å²) in [4.78, 5) is 3.34. The second-order valence-corrected chi connectivity index (χ2v) is 7.89. The molecule has 1 aliphatic heterocycles. The minimum Gasteiger partial charge on any atom is -0.399 e. The van der Waals surface area contributed by atoms with Crippen molar-refractivity contribution < 1.29 is 22.1 Å². The average Bonchev–Trinajstić information content (AvgIpc) is 2.46. The van der Waals surface area contributed by atoms with Crippen LogP contribution in [-0.4, -0.2) is 38.0 Å². The molecule has 0 N–H and O–H groups in total. The van der Waals surface area contributed by atoms with Crippen molar-refractivity contribution in [2.75, 3.05) is 6.26 Å². The maximum Gasteiger partial charge on any atom is 0.497 e. The van der Waals surface area contributed by atoms with Crippen molar-refractivity contribution in [3.63, 3.8) is 0 Å². The highest BCUT2D eigenvalue weighted by molar-refractivity contribution is 7.91. The molecule has 8 heteroatoms. The van der Waals surface area contributed by atoms with Gasteiger partial charge in [0, 0.05) is 24.0 Å². The Morgan fingerprint density at radius 2 is 1.70 bits per heavy atom. The van der Waals surface area contributed by atoms with Gasteiger partial charge in [0.15, 0.2) is 9.84 Å². The first-order chi connectivity index (χ1) is 8.94. The molecule has 1 aromatic rings. The van der Waals surface area contributed by atoms with Crippen molar-refractivity contribution >= 4 is 22.4 Å². The minimum atomic E-state index is -3.61. The van der Waals surface area contributed by atoms with Gasteiger partial charge in [-0.05, 0) is 27.7 Å². The smallest absolute Gasteiger partial charge is 0.399 e. The van der Waals surface area contributed by atoms with Gasteiger partial charge in [0.2, 0.25) is 5.95 Å². The van der Waals surface area contributed by atoms with Crippen LogP contribution in [0, 0.1) is 5.95 Å². The molecule has 0 aromatic carbocycles. The molecule has 0 unspecified atom stereocenters. The van der Waals surface area contributed by atoms with Crippen LogP contribution >= 0.6 is 0 Å². The van der Waals surface area contributed by atoms with Crippen molar-refractivity contribution in [1.82, 2.24) is 4.98 Å². The van der Waals surface area contributed by atoms with Crippen LogP contribution in [0.25, 0.3) is 0 Å². The molecule has 110 valence electrons. The number of rotatable bonds is 2. The normalized spacial score (nSPS) is 21.2. The summed E-state index contributed by atoms with van der Waals surface area (Å²) in [6.45, 7) is 7.41. The summed E-state index contributed by atoms with van der Waals surface area (Å²) in [7, 11) is -4.50. The number of hydrogen-bond acceptors (Lipinski definition) is 5. The van der Waals surface area contributed by atoms with E-state index in [0.717, 1.165) is 18.5 Å². The molecular formula is C12H17BFNO4S. The predicted molar refractivity (Wildman–Crippen MR) is 73.0 cm³/mol. The lowest BCUT2D eigenvalue weighted by molar-refractivity contribution is 0.00578. The van der Waals surface area contributed by atoms with E-state index >= 15 is 0 Å². The molecule has 2 rings (SSSR count). The van der Waals surface area contributed by atoms with Gasteiger partial charge in [-0.1, -0.05) is 0 Å². The van der Waals surface area contributed by atoms with E-state index in [9.17, 15) is 12.8 Å². The standard InChI is InChI=1S/C12H17BFNO4S/c1-11(2)12(3,4)19-13(18-11)8-7-15-10(14)6-9(8)20(5,16)17/h6-7H,1-5H3. The minimum absolute atomic E-state index is 0.163. The number of sulfone groups is 1. The van der Waals surface area contributed by atoms with Gasteiger partial charge in [-0.15, -0.1) is 0 Å². The summed E-state index contributed by atoms with van der Waals surface area (Å²) in [6, 6.07) is 0.885. The van der Waals surface area contributed by atoms with Gasteiger partial charge in [0.1, 0.15) is 0 Å². The fraction of sp³-hybridized carbons (Fsp3) is 0.583. The molecule has 0 bridgehead atoms. The predicted octanol–water partition coefficient (Wildman–Crippen LogP) is 0.923. The van der Waals surface area contributed by atoms with E-state index in [1.807, 2.05) is 27.7 Å². The highest BCUT2D eigenvalue weighted by atomic mass is 32.2. The Hall–Kier alpha value is -0.985. The van der Waals surface area contributed by atoms with E-state index in [0.29, 0.717) is 0 Å². The van der Waals surface area contributed by atoms with Gasteiger partial charge in [0.05, 0.1) is 16.1 Å².